The molecule has 0 bridgehead atoms. The Morgan fingerprint density at radius 2 is 1.43 bits per heavy atom. The lowest BCUT2D eigenvalue weighted by molar-refractivity contribution is -0.137. The van der Waals surface area contributed by atoms with Gasteiger partial charge >= 0.3 is 6.18 Å². The average molecular weight is 499 g/mol. The van der Waals surface area contributed by atoms with E-state index in [2.05, 4.69) is 0 Å². The summed E-state index contributed by atoms with van der Waals surface area (Å²) in [6.07, 6.45) is -3.80. The second-order valence-electron chi connectivity index (χ2n) is 8.97. The Balaban J connectivity index is 1.54. The Bertz CT molecular complexity index is 1780. The molecule has 6 rings (SSSR count). The van der Waals surface area contributed by atoms with E-state index in [4.69, 9.17) is 9.97 Å². The van der Waals surface area contributed by atoms with Crippen LogP contribution in [0, 0.1) is 0 Å². The topological polar surface area (TPSA) is 70.7 Å². The first kappa shape index (κ1) is 22.8. The molecule has 37 heavy (non-hydrogen) atoms. The Kier molecular flexibility index (Phi) is 5.26. The number of phenolic OH excluding ortho intramolecular Hbond substituents is 1. The highest BCUT2D eigenvalue weighted by molar-refractivity contribution is 6.05. The van der Waals surface area contributed by atoms with Crippen LogP contribution in [0.15, 0.2) is 84.9 Å². The molecular weight excluding hydrogens is 479 g/mol. The van der Waals surface area contributed by atoms with Crippen LogP contribution in [0.2, 0.25) is 0 Å². The van der Waals surface area contributed by atoms with Crippen molar-refractivity contribution in [1.29, 1.82) is 0 Å². The van der Waals surface area contributed by atoms with Crippen molar-refractivity contribution in [2.75, 3.05) is 0 Å². The second kappa shape index (κ2) is 8.51. The monoisotopic (exact) mass is 499 g/mol. The molecule has 0 fully saturated rings. The number of imidazole rings is 1. The third-order valence-electron chi connectivity index (χ3n) is 6.49. The van der Waals surface area contributed by atoms with Crippen molar-refractivity contribution in [1.82, 2.24) is 14.4 Å². The molecule has 0 radical (unpaired) electrons. The second-order valence-corrected chi connectivity index (χ2v) is 8.97. The number of nitrogens with zero attached hydrogens (tertiary/aromatic N) is 3. The van der Waals surface area contributed by atoms with Crippen molar-refractivity contribution in [3.63, 3.8) is 0 Å². The van der Waals surface area contributed by atoms with Crippen molar-refractivity contribution >= 4 is 27.5 Å². The summed E-state index contributed by atoms with van der Waals surface area (Å²) in [6.45, 7) is 0. The molecule has 0 unspecified atom stereocenters. The van der Waals surface area contributed by atoms with E-state index < -0.39 is 11.7 Å². The number of aromatic hydroxyl groups is 2. The predicted molar refractivity (Wildman–Crippen MR) is 135 cm³/mol. The smallest absolute Gasteiger partial charge is 0.416 e. The minimum absolute atomic E-state index is 0.0882. The molecular formula is C29H20F3N3O2. The van der Waals surface area contributed by atoms with Crippen molar-refractivity contribution in [2.45, 2.75) is 19.0 Å². The lowest BCUT2D eigenvalue weighted by atomic mass is 10.1. The third kappa shape index (κ3) is 4.10. The zero-order valence-corrected chi connectivity index (χ0v) is 19.4. The number of benzene rings is 4. The SMILES string of the molecule is Oc1ccc2c(ccc3c2nc(Cc2ccccc2)c2nc(Cc4ccc(C(F)(F)F)cc4)c(O)n23)c1. The summed E-state index contributed by atoms with van der Waals surface area (Å²) in [5.74, 6) is 0.0523. The summed E-state index contributed by atoms with van der Waals surface area (Å²) < 4.78 is 40.6. The van der Waals surface area contributed by atoms with E-state index >= 15 is 0 Å². The van der Waals surface area contributed by atoms with Crippen LogP contribution in [0.5, 0.6) is 11.6 Å². The summed E-state index contributed by atoms with van der Waals surface area (Å²) in [6, 6.07) is 23.3. The maximum Gasteiger partial charge on any atom is 0.416 e. The summed E-state index contributed by atoms with van der Waals surface area (Å²) in [5, 5.41) is 22.8. The fourth-order valence-electron chi connectivity index (χ4n) is 4.68. The fraction of sp³-hybridized carbons (Fsp3) is 0.103. The van der Waals surface area contributed by atoms with Crippen LogP contribution in [0.1, 0.15) is 28.1 Å². The van der Waals surface area contributed by atoms with Gasteiger partial charge in [-0.25, -0.2) is 9.97 Å². The standard InChI is InChI=1S/C29H20F3N3O2/c30-29(31,32)20-9-6-18(7-10-20)15-24-28(37)35-25-13-8-19-16-21(36)11-12-22(19)26(25)33-23(27(35)34-24)14-17-4-2-1-3-5-17/h1-13,16,36-37H,14-15H2. The normalized spacial score (nSPS) is 12.1. The molecule has 8 heteroatoms. The number of hydrogen-bond donors (Lipinski definition) is 2. The van der Waals surface area contributed by atoms with Gasteiger partial charge in [-0.2, -0.15) is 13.2 Å². The molecule has 0 saturated carbocycles. The Morgan fingerprint density at radius 3 is 2.16 bits per heavy atom. The maximum atomic E-state index is 13.0. The number of halogens is 3. The number of alkyl halides is 3. The highest BCUT2D eigenvalue weighted by atomic mass is 19.4. The van der Waals surface area contributed by atoms with E-state index in [-0.39, 0.29) is 18.1 Å². The first-order chi connectivity index (χ1) is 17.8. The Morgan fingerprint density at radius 1 is 0.730 bits per heavy atom. The zero-order valence-electron chi connectivity index (χ0n) is 19.4. The molecule has 0 aliphatic carbocycles. The lowest BCUT2D eigenvalue weighted by Gasteiger charge is -2.11. The number of hydrogen-bond acceptors (Lipinski definition) is 4. The molecule has 0 saturated heterocycles. The van der Waals surface area contributed by atoms with Crippen molar-refractivity contribution in [3.8, 4) is 11.6 Å². The number of aromatic nitrogens is 3. The number of phenols is 1. The van der Waals surface area contributed by atoms with Gasteiger partial charge in [-0.05, 0) is 52.9 Å². The molecule has 5 nitrogen and oxygen atoms in total. The van der Waals surface area contributed by atoms with Gasteiger partial charge in [0.2, 0.25) is 5.88 Å². The number of fused-ring (bicyclic) bond motifs is 5. The van der Waals surface area contributed by atoms with Gasteiger partial charge in [0, 0.05) is 18.2 Å². The molecule has 2 aromatic heterocycles. The van der Waals surface area contributed by atoms with Crippen molar-refractivity contribution in [3.05, 3.63) is 113 Å². The van der Waals surface area contributed by atoms with Crippen LogP contribution in [-0.4, -0.2) is 24.6 Å². The fourth-order valence-corrected chi connectivity index (χ4v) is 4.68. The molecule has 0 aliphatic heterocycles. The van der Waals surface area contributed by atoms with Gasteiger partial charge in [-0.15, -0.1) is 0 Å². The largest absolute Gasteiger partial charge is 0.508 e. The molecule has 0 atom stereocenters. The highest BCUT2D eigenvalue weighted by Crippen LogP contribution is 2.34. The molecule has 6 aromatic rings. The molecule has 4 aromatic carbocycles. The third-order valence-corrected chi connectivity index (χ3v) is 6.49. The maximum absolute atomic E-state index is 13.0. The van der Waals surface area contributed by atoms with Crippen LogP contribution < -0.4 is 0 Å². The zero-order chi connectivity index (χ0) is 25.7. The Hall–Kier alpha value is -4.59. The highest BCUT2D eigenvalue weighted by Gasteiger charge is 2.30. The molecule has 0 spiro atoms. The van der Waals surface area contributed by atoms with E-state index in [0.717, 1.165) is 28.5 Å². The minimum Gasteiger partial charge on any atom is -0.508 e. The Labute approximate surface area is 209 Å². The van der Waals surface area contributed by atoms with Gasteiger partial charge in [-0.3, -0.25) is 4.40 Å². The summed E-state index contributed by atoms with van der Waals surface area (Å²) >= 11 is 0. The van der Waals surface area contributed by atoms with Gasteiger partial charge in [-0.1, -0.05) is 48.5 Å². The number of rotatable bonds is 4. The molecule has 0 aliphatic rings. The van der Waals surface area contributed by atoms with Gasteiger partial charge in [0.15, 0.2) is 5.65 Å². The average Bonchev–Trinajstić information content (AvgIpc) is 3.20. The first-order valence-electron chi connectivity index (χ1n) is 11.6. The summed E-state index contributed by atoms with van der Waals surface area (Å²) in [4.78, 5) is 9.66. The summed E-state index contributed by atoms with van der Waals surface area (Å²) in [5.41, 5.74) is 3.62. The molecule has 0 amide bonds. The quantitative estimate of drug-likeness (QED) is 0.267. The minimum atomic E-state index is -4.42. The van der Waals surface area contributed by atoms with Gasteiger partial charge < -0.3 is 10.2 Å². The molecule has 2 N–H and O–H groups in total. The van der Waals surface area contributed by atoms with Gasteiger partial charge in [0.25, 0.3) is 0 Å². The van der Waals surface area contributed by atoms with Crippen molar-refractivity contribution in [2.24, 2.45) is 0 Å². The summed E-state index contributed by atoms with van der Waals surface area (Å²) in [7, 11) is 0. The predicted octanol–water partition coefficient (Wildman–Crippen LogP) is 6.65. The molecule has 2 heterocycles. The van der Waals surface area contributed by atoms with Crippen molar-refractivity contribution < 1.29 is 23.4 Å². The molecule has 184 valence electrons. The van der Waals surface area contributed by atoms with Gasteiger partial charge in [0.1, 0.15) is 11.4 Å². The van der Waals surface area contributed by atoms with E-state index in [1.807, 2.05) is 42.5 Å². The van der Waals surface area contributed by atoms with E-state index in [9.17, 15) is 23.4 Å². The van der Waals surface area contributed by atoms with Crippen LogP contribution in [-0.2, 0) is 19.0 Å². The van der Waals surface area contributed by atoms with Crippen LogP contribution in [0.4, 0.5) is 13.2 Å². The van der Waals surface area contributed by atoms with Gasteiger partial charge in [0.05, 0.1) is 22.3 Å². The van der Waals surface area contributed by atoms with E-state index in [0.29, 0.717) is 40.1 Å². The van der Waals surface area contributed by atoms with E-state index in [1.165, 1.54) is 12.1 Å². The first-order valence-corrected chi connectivity index (χ1v) is 11.6. The lowest BCUT2D eigenvalue weighted by Crippen LogP contribution is -2.04. The van der Waals surface area contributed by atoms with Crippen LogP contribution in [0.3, 0.4) is 0 Å². The van der Waals surface area contributed by atoms with Crippen LogP contribution in [0.25, 0.3) is 27.5 Å². The van der Waals surface area contributed by atoms with Crippen LogP contribution >= 0.6 is 0 Å². The van der Waals surface area contributed by atoms with E-state index in [1.54, 1.807) is 22.6 Å².